The molecule has 1 aliphatic rings. The van der Waals surface area contributed by atoms with Gasteiger partial charge in [0.2, 0.25) is 0 Å². The van der Waals surface area contributed by atoms with E-state index in [0.29, 0.717) is 19.6 Å². The molecule has 3 heteroatoms. The first-order valence-electron chi connectivity index (χ1n) is 7.36. The van der Waals surface area contributed by atoms with E-state index < -0.39 is 6.10 Å². The minimum absolute atomic E-state index is 0.486. The van der Waals surface area contributed by atoms with Crippen LogP contribution in [0.3, 0.4) is 0 Å². The molecule has 3 nitrogen and oxygen atoms in total. The van der Waals surface area contributed by atoms with Crippen LogP contribution in [0.4, 0.5) is 0 Å². The lowest BCUT2D eigenvalue weighted by Crippen LogP contribution is -2.15. The number of hydrogen-bond acceptors (Lipinski definition) is 3. The van der Waals surface area contributed by atoms with Crippen LogP contribution in [0.25, 0.3) is 0 Å². The molecular formula is C18H20O3. The lowest BCUT2D eigenvalue weighted by molar-refractivity contribution is 0.159. The first-order valence-corrected chi connectivity index (χ1v) is 7.36. The first-order chi connectivity index (χ1) is 10.2. The van der Waals surface area contributed by atoms with Crippen LogP contribution in [0, 0.1) is 6.92 Å². The lowest BCUT2D eigenvalue weighted by atomic mass is 9.98. The molecule has 1 aliphatic heterocycles. The summed E-state index contributed by atoms with van der Waals surface area (Å²) in [7, 11) is 0. The van der Waals surface area contributed by atoms with Gasteiger partial charge in [-0.2, -0.15) is 0 Å². The van der Waals surface area contributed by atoms with Gasteiger partial charge < -0.3 is 14.6 Å². The van der Waals surface area contributed by atoms with E-state index in [1.54, 1.807) is 0 Å². The van der Waals surface area contributed by atoms with Gasteiger partial charge in [-0.1, -0.05) is 30.3 Å². The van der Waals surface area contributed by atoms with Crippen LogP contribution >= 0.6 is 0 Å². The van der Waals surface area contributed by atoms with Crippen molar-refractivity contribution in [1.82, 2.24) is 0 Å². The number of aliphatic hydroxyl groups is 1. The lowest BCUT2D eigenvalue weighted by Gasteiger charge is -2.20. The van der Waals surface area contributed by atoms with Crippen LogP contribution in [0.2, 0.25) is 0 Å². The van der Waals surface area contributed by atoms with E-state index >= 15 is 0 Å². The fourth-order valence-corrected chi connectivity index (χ4v) is 2.62. The number of fused-ring (bicyclic) bond motifs is 1. The number of hydrogen-bond donors (Lipinski definition) is 1. The molecule has 110 valence electrons. The smallest absolute Gasteiger partial charge is 0.161 e. The molecule has 1 unspecified atom stereocenters. The fraction of sp³-hybridized carbons (Fsp3) is 0.333. The molecule has 1 N–H and O–H groups in total. The SMILES string of the molecule is Cc1ccccc1CCC(O)c1ccc2c(c1)OCCO2. The van der Waals surface area contributed by atoms with Crippen molar-refractivity contribution >= 4 is 0 Å². The molecule has 0 amide bonds. The second kappa shape index (κ2) is 6.19. The summed E-state index contributed by atoms with van der Waals surface area (Å²) in [4.78, 5) is 0. The Kier molecular flexibility index (Phi) is 4.11. The minimum atomic E-state index is -0.486. The van der Waals surface area contributed by atoms with Crippen molar-refractivity contribution in [2.45, 2.75) is 25.9 Å². The maximum Gasteiger partial charge on any atom is 0.161 e. The van der Waals surface area contributed by atoms with Crippen LogP contribution in [0.15, 0.2) is 42.5 Å². The molecule has 0 saturated carbocycles. The van der Waals surface area contributed by atoms with E-state index in [1.165, 1.54) is 11.1 Å². The van der Waals surface area contributed by atoms with Gasteiger partial charge in [0.05, 0.1) is 6.10 Å². The van der Waals surface area contributed by atoms with Crippen molar-refractivity contribution < 1.29 is 14.6 Å². The van der Waals surface area contributed by atoms with Crippen LogP contribution < -0.4 is 9.47 Å². The van der Waals surface area contributed by atoms with Crippen molar-refractivity contribution in [2.24, 2.45) is 0 Å². The van der Waals surface area contributed by atoms with Gasteiger partial charge in [-0.05, 0) is 48.6 Å². The Balaban J connectivity index is 1.68. The van der Waals surface area contributed by atoms with Crippen LogP contribution in [-0.4, -0.2) is 18.3 Å². The molecule has 1 atom stereocenters. The minimum Gasteiger partial charge on any atom is -0.486 e. The molecular weight excluding hydrogens is 264 g/mol. The summed E-state index contributed by atoms with van der Waals surface area (Å²) in [5, 5.41) is 10.4. The third kappa shape index (κ3) is 3.19. The zero-order valence-electron chi connectivity index (χ0n) is 12.2. The van der Waals surface area contributed by atoms with Crippen LogP contribution in [-0.2, 0) is 6.42 Å². The van der Waals surface area contributed by atoms with E-state index in [9.17, 15) is 5.11 Å². The first kappa shape index (κ1) is 14.0. The van der Waals surface area contributed by atoms with Gasteiger partial charge in [0.25, 0.3) is 0 Å². The van der Waals surface area contributed by atoms with Crippen molar-refractivity contribution in [2.75, 3.05) is 13.2 Å². The predicted octanol–water partition coefficient (Wildman–Crippen LogP) is 3.43. The van der Waals surface area contributed by atoms with Gasteiger partial charge in [-0.15, -0.1) is 0 Å². The van der Waals surface area contributed by atoms with Crippen LogP contribution in [0.1, 0.15) is 29.2 Å². The van der Waals surface area contributed by atoms with Gasteiger partial charge in [-0.3, -0.25) is 0 Å². The molecule has 2 aromatic rings. The van der Waals surface area contributed by atoms with Gasteiger partial charge >= 0.3 is 0 Å². The Hall–Kier alpha value is -2.00. The van der Waals surface area contributed by atoms with Gasteiger partial charge in [-0.25, -0.2) is 0 Å². The highest BCUT2D eigenvalue weighted by Gasteiger charge is 2.15. The summed E-state index contributed by atoms with van der Waals surface area (Å²) >= 11 is 0. The molecule has 1 heterocycles. The molecule has 0 spiro atoms. The second-order valence-electron chi connectivity index (χ2n) is 5.38. The average Bonchev–Trinajstić information content (AvgIpc) is 2.53. The maximum absolute atomic E-state index is 10.4. The molecule has 0 fully saturated rings. The number of aryl methyl sites for hydroxylation is 2. The molecule has 0 aliphatic carbocycles. The van der Waals surface area contributed by atoms with Gasteiger partial charge in [0.15, 0.2) is 11.5 Å². The molecule has 2 aromatic carbocycles. The Morgan fingerprint density at radius 2 is 1.81 bits per heavy atom. The Morgan fingerprint density at radius 3 is 2.62 bits per heavy atom. The quantitative estimate of drug-likeness (QED) is 0.934. The molecule has 0 bridgehead atoms. The summed E-state index contributed by atoms with van der Waals surface area (Å²) < 4.78 is 11.1. The standard InChI is InChI=1S/C18H20O3/c1-13-4-2-3-5-14(13)6-8-16(19)15-7-9-17-18(12-15)21-11-10-20-17/h2-5,7,9,12,16,19H,6,8,10-11H2,1H3. The third-order valence-electron chi connectivity index (χ3n) is 3.90. The number of ether oxygens (including phenoxy) is 2. The highest BCUT2D eigenvalue weighted by atomic mass is 16.6. The van der Waals surface area contributed by atoms with Crippen molar-refractivity contribution in [3.05, 3.63) is 59.2 Å². The average molecular weight is 284 g/mol. The maximum atomic E-state index is 10.4. The van der Waals surface area contributed by atoms with Gasteiger partial charge in [0, 0.05) is 0 Å². The van der Waals surface area contributed by atoms with Crippen molar-refractivity contribution in [3.8, 4) is 11.5 Å². The van der Waals surface area contributed by atoms with E-state index in [0.717, 1.165) is 23.5 Å². The number of rotatable bonds is 4. The Bertz CT molecular complexity index is 622. The zero-order chi connectivity index (χ0) is 14.7. The normalized spacial score (nSPS) is 14.8. The Labute approximate surface area is 125 Å². The van der Waals surface area contributed by atoms with Crippen molar-refractivity contribution in [3.63, 3.8) is 0 Å². The third-order valence-corrected chi connectivity index (χ3v) is 3.90. The zero-order valence-corrected chi connectivity index (χ0v) is 12.2. The molecule has 21 heavy (non-hydrogen) atoms. The summed E-state index contributed by atoms with van der Waals surface area (Å²) in [5.41, 5.74) is 3.44. The molecule has 0 aromatic heterocycles. The fourth-order valence-electron chi connectivity index (χ4n) is 2.62. The topological polar surface area (TPSA) is 38.7 Å². The summed E-state index contributed by atoms with van der Waals surface area (Å²) in [6.07, 6.45) is 1.08. The number of benzene rings is 2. The van der Waals surface area contributed by atoms with E-state index in [4.69, 9.17) is 9.47 Å². The second-order valence-corrected chi connectivity index (χ2v) is 5.38. The van der Waals surface area contributed by atoms with E-state index in [-0.39, 0.29) is 0 Å². The molecule has 0 radical (unpaired) electrons. The largest absolute Gasteiger partial charge is 0.486 e. The summed E-state index contributed by atoms with van der Waals surface area (Å²) in [6, 6.07) is 14.0. The summed E-state index contributed by atoms with van der Waals surface area (Å²) in [6.45, 7) is 3.25. The molecule has 3 rings (SSSR count). The highest BCUT2D eigenvalue weighted by Crippen LogP contribution is 2.33. The highest BCUT2D eigenvalue weighted by molar-refractivity contribution is 5.44. The monoisotopic (exact) mass is 284 g/mol. The number of aliphatic hydroxyl groups excluding tert-OH is 1. The van der Waals surface area contributed by atoms with E-state index in [2.05, 4.69) is 19.1 Å². The van der Waals surface area contributed by atoms with Crippen LogP contribution in [0.5, 0.6) is 11.5 Å². The molecule has 0 saturated heterocycles. The van der Waals surface area contributed by atoms with Gasteiger partial charge in [0.1, 0.15) is 13.2 Å². The summed E-state index contributed by atoms with van der Waals surface area (Å²) in [5.74, 6) is 1.49. The predicted molar refractivity (Wildman–Crippen MR) is 81.9 cm³/mol. The van der Waals surface area contributed by atoms with E-state index in [1.807, 2.05) is 30.3 Å². The Morgan fingerprint density at radius 1 is 1.05 bits per heavy atom. The van der Waals surface area contributed by atoms with Crippen molar-refractivity contribution in [1.29, 1.82) is 0 Å².